The minimum absolute atomic E-state index is 0.301. The van der Waals surface area contributed by atoms with Crippen LogP contribution in [0.3, 0.4) is 0 Å². The number of esters is 1. The van der Waals surface area contributed by atoms with Gasteiger partial charge in [-0.05, 0) is 55.8 Å². The number of nitrogens with one attached hydrogen (secondary N) is 1. The number of anilines is 1. The molecular formula is C29H27NO6. The number of ether oxygens (including phenoxy) is 3. The lowest BCUT2D eigenvalue weighted by atomic mass is 9.98. The van der Waals surface area contributed by atoms with E-state index in [1.54, 1.807) is 51.7 Å². The summed E-state index contributed by atoms with van der Waals surface area (Å²) < 4.78 is 21.9. The molecule has 36 heavy (non-hydrogen) atoms. The fourth-order valence-electron chi connectivity index (χ4n) is 3.96. The summed E-state index contributed by atoms with van der Waals surface area (Å²) in [4.78, 5) is 24.6. The maximum atomic E-state index is 12.7. The first-order chi connectivity index (χ1) is 17.4. The second-order valence-corrected chi connectivity index (χ2v) is 8.01. The molecule has 0 aliphatic heterocycles. The standard InChI is InChI=1S/C29H27NO6/c1-5-35-29(32)19-10-12-20(13-11-19)30-28(31)14-18(2)22-15-23-24(17-36-27(23)16-26(22)34-4)21-8-6-7-9-25(21)33-3/h6-17H,5H2,1-4H3,(H,30,31)/b18-14+. The van der Waals surface area contributed by atoms with Crippen LogP contribution in [0.2, 0.25) is 0 Å². The summed E-state index contributed by atoms with van der Waals surface area (Å²) in [5, 5.41) is 3.69. The quantitative estimate of drug-likeness (QED) is 0.232. The summed E-state index contributed by atoms with van der Waals surface area (Å²) in [6.07, 6.45) is 3.20. The number of fused-ring (bicyclic) bond motifs is 1. The van der Waals surface area contributed by atoms with Crippen LogP contribution >= 0.6 is 0 Å². The largest absolute Gasteiger partial charge is 0.496 e. The number of carbonyl (C=O) groups is 2. The van der Waals surface area contributed by atoms with Gasteiger partial charge in [0.1, 0.15) is 17.1 Å². The highest BCUT2D eigenvalue weighted by Gasteiger charge is 2.17. The molecule has 3 aromatic carbocycles. The first-order valence-electron chi connectivity index (χ1n) is 11.4. The van der Waals surface area contributed by atoms with Gasteiger partial charge in [0.05, 0.1) is 32.7 Å². The van der Waals surface area contributed by atoms with Crippen LogP contribution in [0, 0.1) is 0 Å². The first kappa shape index (κ1) is 24.6. The zero-order valence-electron chi connectivity index (χ0n) is 20.6. The number of carbonyl (C=O) groups excluding carboxylic acids is 2. The summed E-state index contributed by atoms with van der Waals surface area (Å²) in [7, 11) is 3.21. The molecule has 0 saturated carbocycles. The highest BCUT2D eigenvalue weighted by Crippen LogP contribution is 2.40. The lowest BCUT2D eigenvalue weighted by molar-refractivity contribution is -0.111. The van der Waals surface area contributed by atoms with E-state index in [0.717, 1.165) is 27.8 Å². The molecule has 4 rings (SSSR count). The summed E-state index contributed by atoms with van der Waals surface area (Å²) in [5.41, 5.74) is 4.90. The Bertz CT molecular complexity index is 1430. The van der Waals surface area contributed by atoms with Gasteiger partial charge in [0.2, 0.25) is 5.91 Å². The third kappa shape index (κ3) is 5.10. The van der Waals surface area contributed by atoms with Gasteiger partial charge in [-0.25, -0.2) is 4.79 Å². The normalized spacial score (nSPS) is 11.3. The molecule has 1 heterocycles. The number of hydrogen-bond acceptors (Lipinski definition) is 6. The molecule has 0 unspecified atom stereocenters. The average Bonchev–Trinajstić information content (AvgIpc) is 3.31. The molecule has 184 valence electrons. The molecule has 7 nitrogen and oxygen atoms in total. The van der Waals surface area contributed by atoms with Gasteiger partial charge in [-0.15, -0.1) is 0 Å². The molecule has 1 N–H and O–H groups in total. The molecule has 0 atom stereocenters. The molecule has 0 spiro atoms. The molecule has 0 bridgehead atoms. The van der Waals surface area contributed by atoms with Crippen molar-refractivity contribution < 1.29 is 28.2 Å². The summed E-state index contributed by atoms with van der Waals surface area (Å²) in [5.74, 6) is 0.609. The minimum atomic E-state index is -0.402. The van der Waals surface area contributed by atoms with Crippen LogP contribution in [-0.2, 0) is 9.53 Å². The number of amides is 1. The van der Waals surface area contributed by atoms with Crippen molar-refractivity contribution in [3.05, 3.63) is 84.1 Å². The molecule has 0 saturated heterocycles. The van der Waals surface area contributed by atoms with Gasteiger partial charge in [0.15, 0.2) is 0 Å². The number of methoxy groups -OCH3 is 2. The van der Waals surface area contributed by atoms with Crippen LogP contribution in [0.15, 0.2) is 77.4 Å². The van der Waals surface area contributed by atoms with E-state index >= 15 is 0 Å². The lowest BCUT2D eigenvalue weighted by Crippen LogP contribution is -2.09. The predicted molar refractivity (Wildman–Crippen MR) is 139 cm³/mol. The summed E-state index contributed by atoms with van der Waals surface area (Å²) in [6.45, 7) is 3.89. The minimum Gasteiger partial charge on any atom is -0.496 e. The predicted octanol–water partition coefficient (Wildman–Crippen LogP) is 6.34. The Balaban J connectivity index is 1.63. The van der Waals surface area contributed by atoms with E-state index in [4.69, 9.17) is 18.6 Å². The van der Waals surface area contributed by atoms with Crippen molar-refractivity contribution >= 4 is 34.1 Å². The number of furan rings is 1. The highest BCUT2D eigenvalue weighted by molar-refractivity contribution is 6.05. The second kappa shape index (κ2) is 10.8. The molecule has 0 fully saturated rings. The van der Waals surface area contributed by atoms with Crippen LogP contribution in [0.1, 0.15) is 29.8 Å². The van der Waals surface area contributed by atoms with Crippen LogP contribution < -0.4 is 14.8 Å². The molecule has 0 aliphatic rings. The van der Waals surface area contributed by atoms with Gasteiger partial charge in [-0.2, -0.15) is 0 Å². The number of rotatable bonds is 8. The molecule has 1 aromatic heterocycles. The summed E-state index contributed by atoms with van der Waals surface area (Å²) >= 11 is 0. The molecule has 1 amide bonds. The second-order valence-electron chi connectivity index (χ2n) is 8.01. The Kier molecular flexibility index (Phi) is 7.39. The third-order valence-electron chi connectivity index (χ3n) is 5.73. The van der Waals surface area contributed by atoms with Crippen molar-refractivity contribution in [1.82, 2.24) is 0 Å². The molecular weight excluding hydrogens is 458 g/mol. The van der Waals surface area contributed by atoms with E-state index in [2.05, 4.69) is 5.32 Å². The van der Waals surface area contributed by atoms with Gasteiger partial charge < -0.3 is 23.9 Å². The first-order valence-corrected chi connectivity index (χ1v) is 11.4. The molecule has 7 heteroatoms. The van der Waals surface area contributed by atoms with Crippen LogP contribution in [0.4, 0.5) is 5.69 Å². The van der Waals surface area contributed by atoms with E-state index in [1.165, 1.54) is 6.08 Å². The van der Waals surface area contributed by atoms with Gasteiger partial charge in [-0.1, -0.05) is 18.2 Å². The van der Waals surface area contributed by atoms with Crippen molar-refractivity contribution in [2.24, 2.45) is 0 Å². The molecule has 0 radical (unpaired) electrons. The monoisotopic (exact) mass is 485 g/mol. The maximum Gasteiger partial charge on any atom is 0.338 e. The zero-order valence-corrected chi connectivity index (χ0v) is 20.6. The SMILES string of the molecule is CCOC(=O)c1ccc(NC(=O)/C=C(\C)c2cc3c(-c4ccccc4OC)coc3cc2OC)cc1. The Morgan fingerprint density at radius 1 is 0.944 bits per heavy atom. The fraction of sp³-hybridized carbons (Fsp3) is 0.172. The van der Waals surface area contributed by atoms with Gasteiger partial charge in [-0.3, -0.25) is 4.79 Å². The van der Waals surface area contributed by atoms with E-state index in [1.807, 2.05) is 43.3 Å². The van der Waals surface area contributed by atoms with E-state index in [-0.39, 0.29) is 5.91 Å². The smallest absolute Gasteiger partial charge is 0.338 e. The Morgan fingerprint density at radius 2 is 1.67 bits per heavy atom. The van der Waals surface area contributed by atoms with Gasteiger partial charge >= 0.3 is 5.97 Å². The van der Waals surface area contributed by atoms with Crippen molar-refractivity contribution in [2.45, 2.75) is 13.8 Å². The van der Waals surface area contributed by atoms with Crippen molar-refractivity contribution in [2.75, 3.05) is 26.1 Å². The number of allylic oxidation sites excluding steroid dienone is 1. The van der Waals surface area contributed by atoms with E-state index in [0.29, 0.717) is 34.8 Å². The topological polar surface area (TPSA) is 87.0 Å². The van der Waals surface area contributed by atoms with Crippen LogP contribution in [0.25, 0.3) is 27.7 Å². The van der Waals surface area contributed by atoms with Crippen molar-refractivity contribution in [3.63, 3.8) is 0 Å². The van der Waals surface area contributed by atoms with Crippen LogP contribution in [0.5, 0.6) is 11.5 Å². The number of hydrogen-bond donors (Lipinski definition) is 1. The highest BCUT2D eigenvalue weighted by atomic mass is 16.5. The maximum absolute atomic E-state index is 12.7. The number of benzene rings is 3. The van der Waals surface area contributed by atoms with Crippen LogP contribution in [-0.4, -0.2) is 32.7 Å². The number of para-hydroxylation sites is 1. The lowest BCUT2D eigenvalue weighted by Gasteiger charge is -2.11. The summed E-state index contributed by atoms with van der Waals surface area (Å²) in [6, 6.07) is 18.0. The zero-order chi connectivity index (χ0) is 25.7. The third-order valence-corrected chi connectivity index (χ3v) is 5.73. The van der Waals surface area contributed by atoms with Crippen molar-refractivity contribution in [3.8, 4) is 22.6 Å². The molecule has 0 aliphatic carbocycles. The Labute approximate surface area is 209 Å². The van der Waals surface area contributed by atoms with Gasteiger partial charge in [0, 0.05) is 39.9 Å². The average molecular weight is 486 g/mol. The van der Waals surface area contributed by atoms with E-state index in [9.17, 15) is 9.59 Å². The van der Waals surface area contributed by atoms with Crippen molar-refractivity contribution in [1.29, 1.82) is 0 Å². The Morgan fingerprint density at radius 3 is 2.36 bits per heavy atom. The fourth-order valence-corrected chi connectivity index (χ4v) is 3.96. The van der Waals surface area contributed by atoms with E-state index < -0.39 is 5.97 Å². The Hall–Kier alpha value is -4.52. The molecule has 4 aromatic rings. The van der Waals surface area contributed by atoms with Gasteiger partial charge in [0.25, 0.3) is 0 Å².